The third-order valence-corrected chi connectivity index (χ3v) is 4.87. The normalized spacial score (nSPS) is 16.3. The first-order chi connectivity index (χ1) is 12.1. The van der Waals surface area contributed by atoms with Gasteiger partial charge in [0, 0.05) is 0 Å². The summed E-state index contributed by atoms with van der Waals surface area (Å²) < 4.78 is 57.3. The van der Waals surface area contributed by atoms with Gasteiger partial charge in [-0.15, -0.1) is 0 Å². The summed E-state index contributed by atoms with van der Waals surface area (Å²) >= 11 is 0. The molecule has 7 nitrogen and oxygen atoms in total. The Bertz CT molecular complexity index is 1060. The molecule has 0 fully saturated rings. The number of fused-ring (bicyclic) bond motifs is 1. The summed E-state index contributed by atoms with van der Waals surface area (Å²) in [4.78, 5) is 0. The molecule has 9 heteroatoms. The van der Waals surface area contributed by atoms with E-state index < -0.39 is 26.1 Å². The molecular formula is C17H18N2O5S2. The van der Waals surface area contributed by atoms with Gasteiger partial charge in [0.15, 0.2) is 5.75 Å². The zero-order chi connectivity index (χ0) is 18.9. The number of para-hydroxylation sites is 1. The summed E-state index contributed by atoms with van der Waals surface area (Å²) in [7, 11) is -6.93. The highest BCUT2D eigenvalue weighted by Gasteiger charge is 2.24. The van der Waals surface area contributed by atoms with Gasteiger partial charge >= 0.3 is 0 Å². The van der Waals surface area contributed by atoms with Crippen molar-refractivity contribution in [2.75, 3.05) is 17.2 Å². The second-order valence-electron chi connectivity index (χ2n) is 5.99. The van der Waals surface area contributed by atoms with Crippen LogP contribution in [0.25, 0.3) is 6.08 Å². The Morgan fingerprint density at radius 1 is 0.962 bits per heavy atom. The van der Waals surface area contributed by atoms with Crippen molar-refractivity contribution in [2.24, 2.45) is 0 Å². The third-order valence-electron chi connectivity index (χ3n) is 3.60. The van der Waals surface area contributed by atoms with Crippen LogP contribution in [0.5, 0.6) is 11.5 Å². The molecule has 0 spiro atoms. The molecule has 0 radical (unpaired) electrons. The Kier molecular flexibility index (Phi) is 4.78. The van der Waals surface area contributed by atoms with Crippen LogP contribution in [0.2, 0.25) is 0 Å². The lowest BCUT2D eigenvalue weighted by Crippen LogP contribution is -2.25. The van der Waals surface area contributed by atoms with Gasteiger partial charge in [-0.2, -0.15) is 0 Å². The van der Waals surface area contributed by atoms with E-state index in [0.717, 1.165) is 12.5 Å². The van der Waals surface area contributed by atoms with E-state index in [9.17, 15) is 16.8 Å². The number of ether oxygens (including phenoxy) is 1. The van der Waals surface area contributed by atoms with Gasteiger partial charge in [-0.3, -0.25) is 4.72 Å². The van der Waals surface area contributed by atoms with E-state index in [4.69, 9.17) is 4.74 Å². The van der Waals surface area contributed by atoms with Gasteiger partial charge in [-0.1, -0.05) is 30.4 Å². The Hall–Kier alpha value is -2.36. The highest BCUT2D eigenvalue weighted by atomic mass is 32.2. The van der Waals surface area contributed by atoms with Gasteiger partial charge in [-0.25, -0.2) is 21.6 Å². The molecule has 0 saturated carbocycles. The van der Waals surface area contributed by atoms with Gasteiger partial charge in [-0.05, 0) is 35.4 Å². The van der Waals surface area contributed by atoms with Crippen molar-refractivity contribution in [1.29, 1.82) is 0 Å². The van der Waals surface area contributed by atoms with Crippen molar-refractivity contribution in [3.05, 3.63) is 59.7 Å². The van der Waals surface area contributed by atoms with Gasteiger partial charge in [0.2, 0.25) is 20.0 Å². The molecule has 138 valence electrons. The molecular weight excluding hydrogens is 376 g/mol. The second kappa shape index (κ2) is 6.75. The Balaban J connectivity index is 2.04. The van der Waals surface area contributed by atoms with Crippen molar-refractivity contribution in [2.45, 2.75) is 6.04 Å². The fourth-order valence-corrected chi connectivity index (χ4v) is 3.87. The topological polar surface area (TPSA) is 102 Å². The Morgan fingerprint density at radius 2 is 1.65 bits per heavy atom. The summed E-state index contributed by atoms with van der Waals surface area (Å²) in [5, 5.41) is 0. The maximum Gasteiger partial charge on any atom is 0.229 e. The molecule has 0 saturated heterocycles. The van der Waals surface area contributed by atoms with Gasteiger partial charge in [0.05, 0.1) is 24.2 Å². The molecule has 2 N–H and O–H groups in total. The molecule has 1 atom stereocenters. The predicted octanol–water partition coefficient (Wildman–Crippen LogP) is 2.47. The van der Waals surface area contributed by atoms with Gasteiger partial charge in [0.1, 0.15) is 5.75 Å². The lowest BCUT2D eigenvalue weighted by atomic mass is 10.1. The van der Waals surface area contributed by atoms with E-state index >= 15 is 0 Å². The quantitative estimate of drug-likeness (QED) is 0.784. The molecule has 0 amide bonds. The summed E-state index contributed by atoms with van der Waals surface area (Å²) in [6, 6.07) is 11.6. The van der Waals surface area contributed by atoms with Crippen LogP contribution >= 0.6 is 0 Å². The van der Waals surface area contributed by atoms with Crippen molar-refractivity contribution in [3.63, 3.8) is 0 Å². The number of nitrogens with one attached hydrogen (secondary N) is 2. The minimum absolute atomic E-state index is 0.278. The van der Waals surface area contributed by atoms with Crippen LogP contribution in [0.4, 0.5) is 5.69 Å². The molecule has 26 heavy (non-hydrogen) atoms. The van der Waals surface area contributed by atoms with Crippen molar-refractivity contribution in [1.82, 2.24) is 4.72 Å². The fraction of sp³-hybridized carbons (Fsp3) is 0.176. The highest BCUT2D eigenvalue weighted by molar-refractivity contribution is 7.92. The first-order valence-corrected chi connectivity index (χ1v) is 11.4. The van der Waals surface area contributed by atoms with Gasteiger partial charge < -0.3 is 4.74 Å². The zero-order valence-corrected chi connectivity index (χ0v) is 15.8. The van der Waals surface area contributed by atoms with Crippen molar-refractivity contribution >= 4 is 31.8 Å². The number of anilines is 1. The first kappa shape index (κ1) is 18.4. The Morgan fingerprint density at radius 3 is 2.27 bits per heavy atom. The van der Waals surface area contributed by atoms with E-state index in [1.807, 2.05) is 6.07 Å². The average molecular weight is 394 g/mol. The highest BCUT2D eigenvalue weighted by Crippen LogP contribution is 2.39. The van der Waals surface area contributed by atoms with Crippen molar-refractivity contribution in [3.8, 4) is 11.5 Å². The fourth-order valence-electron chi connectivity index (χ4n) is 2.64. The lowest BCUT2D eigenvalue weighted by molar-refractivity contribution is 0.483. The van der Waals surface area contributed by atoms with E-state index in [0.29, 0.717) is 16.9 Å². The minimum Gasteiger partial charge on any atom is -0.455 e. The smallest absolute Gasteiger partial charge is 0.229 e. The third kappa shape index (κ3) is 4.63. The molecule has 1 aliphatic rings. The average Bonchev–Trinajstić information content (AvgIpc) is 2.87. The van der Waals surface area contributed by atoms with E-state index in [-0.39, 0.29) is 11.4 Å². The largest absolute Gasteiger partial charge is 0.455 e. The minimum atomic E-state index is -3.52. The molecule has 0 heterocycles. The molecule has 0 aliphatic heterocycles. The molecule has 2 aromatic carbocycles. The van der Waals surface area contributed by atoms with E-state index in [2.05, 4.69) is 9.44 Å². The van der Waals surface area contributed by atoms with Crippen LogP contribution in [-0.4, -0.2) is 29.3 Å². The molecule has 0 aromatic heterocycles. The maximum atomic E-state index is 11.7. The zero-order valence-electron chi connectivity index (χ0n) is 14.1. The number of benzene rings is 2. The molecule has 2 aromatic rings. The molecule has 1 aliphatic carbocycles. The summed E-state index contributed by atoms with van der Waals surface area (Å²) in [5.41, 5.74) is 1.66. The summed E-state index contributed by atoms with van der Waals surface area (Å²) in [6.07, 6.45) is 5.57. The van der Waals surface area contributed by atoms with Crippen molar-refractivity contribution < 1.29 is 21.6 Å². The maximum absolute atomic E-state index is 11.7. The standard InChI is InChI=1S/C17H18N2O5S2/c1-25(20,21)18-15-9-8-12-10-16(19-26(2,22)23)17(11-14(12)15)24-13-6-4-3-5-7-13/h3-11,15,18-19H,1-2H3. The number of hydrogen-bond donors (Lipinski definition) is 2. The van der Waals surface area contributed by atoms with E-state index in [1.165, 1.54) is 0 Å². The first-order valence-electron chi connectivity index (χ1n) is 7.65. The molecule has 1 unspecified atom stereocenters. The van der Waals surface area contributed by atoms with Crippen LogP contribution in [0.1, 0.15) is 17.2 Å². The monoisotopic (exact) mass is 394 g/mol. The van der Waals surface area contributed by atoms with Crippen LogP contribution in [-0.2, 0) is 20.0 Å². The number of rotatable bonds is 6. The van der Waals surface area contributed by atoms with Crippen LogP contribution in [0.15, 0.2) is 48.5 Å². The number of hydrogen-bond acceptors (Lipinski definition) is 5. The summed E-state index contributed by atoms with van der Waals surface area (Å²) in [6.45, 7) is 0. The van der Waals surface area contributed by atoms with E-state index in [1.54, 1.807) is 48.6 Å². The van der Waals surface area contributed by atoms with Crippen LogP contribution in [0.3, 0.4) is 0 Å². The Labute approximate surface area is 152 Å². The lowest BCUT2D eigenvalue weighted by Gasteiger charge is -2.17. The number of sulfonamides is 2. The van der Waals surface area contributed by atoms with Crippen LogP contribution in [0, 0.1) is 0 Å². The second-order valence-corrected chi connectivity index (χ2v) is 9.52. The van der Waals surface area contributed by atoms with Crippen LogP contribution < -0.4 is 14.2 Å². The predicted molar refractivity (Wildman–Crippen MR) is 101 cm³/mol. The molecule has 3 rings (SSSR count). The SMILES string of the molecule is CS(=O)(=O)Nc1cc2c(cc1Oc1ccccc1)C(NS(C)(=O)=O)C=C2. The van der Waals surface area contributed by atoms with Gasteiger partial charge in [0.25, 0.3) is 0 Å². The summed E-state index contributed by atoms with van der Waals surface area (Å²) in [5.74, 6) is 0.812. The molecule has 0 bridgehead atoms.